The molecule has 0 aliphatic carbocycles. The molecular weight excluding hydrogens is 372 g/mol. The summed E-state index contributed by atoms with van der Waals surface area (Å²) in [7, 11) is 0. The summed E-state index contributed by atoms with van der Waals surface area (Å²) in [5.41, 5.74) is 2.28. The summed E-state index contributed by atoms with van der Waals surface area (Å²) in [6.07, 6.45) is 0.346. The van der Waals surface area contributed by atoms with Gasteiger partial charge in [-0.05, 0) is 18.1 Å². The number of amides is 1. The second kappa shape index (κ2) is 10.7. The summed E-state index contributed by atoms with van der Waals surface area (Å²) in [6, 6.07) is 22.2. The van der Waals surface area contributed by atoms with Gasteiger partial charge in [0.2, 0.25) is 5.91 Å². The van der Waals surface area contributed by atoms with Crippen LogP contribution in [0.15, 0.2) is 71.3 Å². The van der Waals surface area contributed by atoms with Crippen LogP contribution < -0.4 is 5.32 Å². The van der Waals surface area contributed by atoms with Crippen LogP contribution in [0.5, 0.6) is 0 Å². The van der Waals surface area contributed by atoms with Gasteiger partial charge >= 0.3 is 0 Å². The lowest BCUT2D eigenvalue weighted by Gasteiger charge is -2.19. The number of benzene rings is 2. The van der Waals surface area contributed by atoms with Crippen molar-refractivity contribution >= 4 is 23.5 Å². The number of anilines is 1. The van der Waals surface area contributed by atoms with Gasteiger partial charge in [-0.3, -0.25) is 4.79 Å². The first-order valence-electron chi connectivity index (χ1n) is 9.25. The first-order chi connectivity index (χ1) is 13.7. The normalized spacial score (nSPS) is 10.9. The molecule has 146 valence electrons. The average molecular weight is 397 g/mol. The van der Waals surface area contributed by atoms with E-state index in [-0.39, 0.29) is 12.0 Å². The van der Waals surface area contributed by atoms with Crippen LogP contribution in [0.2, 0.25) is 0 Å². The summed E-state index contributed by atoms with van der Waals surface area (Å²) < 4.78 is 11.1. The van der Waals surface area contributed by atoms with Gasteiger partial charge in [-0.25, -0.2) is 0 Å². The molecular formula is C22H24N2O3S. The number of nitrogens with zero attached hydrogens (tertiary/aromatic N) is 1. The minimum absolute atomic E-state index is 0.0619. The molecule has 0 fully saturated rings. The third-order valence-corrected chi connectivity index (χ3v) is 5.03. The second-order valence-corrected chi connectivity index (χ2v) is 7.53. The summed E-state index contributed by atoms with van der Waals surface area (Å²) in [5.74, 6) is 2.63. The molecule has 0 unspecified atom stereocenters. The topological polar surface area (TPSA) is 64.4 Å². The van der Waals surface area contributed by atoms with Crippen molar-refractivity contribution in [2.75, 3.05) is 23.4 Å². The Bertz CT molecular complexity index is 813. The van der Waals surface area contributed by atoms with Gasteiger partial charge in [0.15, 0.2) is 5.82 Å². The zero-order valence-corrected chi connectivity index (χ0v) is 16.7. The van der Waals surface area contributed by atoms with Crippen LogP contribution in [0, 0.1) is 6.92 Å². The van der Waals surface area contributed by atoms with E-state index >= 15 is 0 Å². The van der Waals surface area contributed by atoms with Crippen molar-refractivity contribution in [3.63, 3.8) is 0 Å². The molecule has 5 nitrogen and oxygen atoms in total. The molecule has 6 heteroatoms. The number of thioether (sulfide) groups is 1. The largest absolute Gasteiger partial charge is 0.368 e. The van der Waals surface area contributed by atoms with E-state index in [1.807, 2.05) is 36.4 Å². The van der Waals surface area contributed by atoms with Crippen molar-refractivity contribution in [1.29, 1.82) is 0 Å². The van der Waals surface area contributed by atoms with Crippen LogP contribution in [0.3, 0.4) is 0 Å². The molecule has 3 aromatic rings. The Labute approximate surface area is 169 Å². The molecule has 1 heterocycles. The summed E-state index contributed by atoms with van der Waals surface area (Å²) >= 11 is 1.70. The predicted octanol–water partition coefficient (Wildman–Crippen LogP) is 4.85. The lowest BCUT2D eigenvalue weighted by atomic mass is 10.0. The molecule has 0 saturated carbocycles. The van der Waals surface area contributed by atoms with E-state index in [4.69, 9.17) is 9.26 Å². The fraction of sp³-hybridized carbons (Fsp3) is 0.273. The maximum atomic E-state index is 11.9. The Balaban J connectivity index is 1.40. The van der Waals surface area contributed by atoms with Crippen LogP contribution in [-0.4, -0.2) is 29.2 Å². The fourth-order valence-electron chi connectivity index (χ4n) is 2.76. The number of aromatic nitrogens is 1. The standard InChI is InChI=1S/C22H24N2O3S/c1-17-16-20(24-27-17)23-21(25)12-14-28-15-13-26-22(18-8-4-2-5-9-18)19-10-6-3-7-11-19/h2-11,16,22H,12-15H2,1H3,(H,23,24,25). The van der Waals surface area contributed by atoms with Crippen LogP contribution in [0.25, 0.3) is 0 Å². The molecule has 0 spiro atoms. The molecule has 3 rings (SSSR count). The van der Waals surface area contributed by atoms with E-state index in [0.717, 1.165) is 22.6 Å². The highest BCUT2D eigenvalue weighted by Gasteiger charge is 2.14. The van der Waals surface area contributed by atoms with Crippen molar-refractivity contribution in [2.24, 2.45) is 0 Å². The fourth-order valence-corrected chi connectivity index (χ4v) is 3.51. The van der Waals surface area contributed by atoms with Gasteiger partial charge in [0.25, 0.3) is 0 Å². The SMILES string of the molecule is Cc1cc(NC(=O)CCSCCOC(c2ccccc2)c2ccccc2)no1. The van der Waals surface area contributed by atoms with Gasteiger partial charge in [0, 0.05) is 24.0 Å². The minimum Gasteiger partial charge on any atom is -0.368 e. The Morgan fingerprint density at radius 3 is 2.29 bits per heavy atom. The van der Waals surface area contributed by atoms with Crippen molar-refractivity contribution in [3.8, 4) is 0 Å². The zero-order chi connectivity index (χ0) is 19.6. The summed E-state index contributed by atoms with van der Waals surface area (Å²) in [4.78, 5) is 11.9. The van der Waals surface area contributed by atoms with Crippen LogP contribution in [-0.2, 0) is 9.53 Å². The predicted molar refractivity (Wildman–Crippen MR) is 112 cm³/mol. The Kier molecular flexibility index (Phi) is 7.70. The number of nitrogens with one attached hydrogen (secondary N) is 1. The van der Waals surface area contributed by atoms with E-state index < -0.39 is 0 Å². The van der Waals surface area contributed by atoms with E-state index in [0.29, 0.717) is 24.6 Å². The van der Waals surface area contributed by atoms with Crippen molar-refractivity contribution in [3.05, 3.63) is 83.6 Å². The molecule has 0 radical (unpaired) electrons. The highest BCUT2D eigenvalue weighted by atomic mass is 32.2. The third kappa shape index (κ3) is 6.25. The number of carbonyl (C=O) groups excluding carboxylic acids is 1. The lowest BCUT2D eigenvalue weighted by molar-refractivity contribution is -0.115. The molecule has 0 saturated heterocycles. The van der Waals surface area contributed by atoms with Gasteiger partial charge in [-0.2, -0.15) is 11.8 Å². The van der Waals surface area contributed by atoms with Crippen LogP contribution in [0.1, 0.15) is 29.4 Å². The first kappa shape index (κ1) is 20.2. The third-order valence-electron chi connectivity index (χ3n) is 4.09. The number of aryl methyl sites for hydroxylation is 1. The number of rotatable bonds is 10. The molecule has 0 atom stereocenters. The second-order valence-electron chi connectivity index (χ2n) is 6.31. The highest BCUT2D eigenvalue weighted by molar-refractivity contribution is 7.99. The molecule has 28 heavy (non-hydrogen) atoms. The monoisotopic (exact) mass is 396 g/mol. The van der Waals surface area contributed by atoms with Gasteiger partial charge in [0.05, 0.1) is 6.61 Å². The van der Waals surface area contributed by atoms with E-state index in [2.05, 4.69) is 34.7 Å². The Hall–Kier alpha value is -2.57. The Morgan fingerprint density at radius 1 is 1.07 bits per heavy atom. The first-order valence-corrected chi connectivity index (χ1v) is 10.4. The molecule has 2 aromatic carbocycles. The van der Waals surface area contributed by atoms with Crippen LogP contribution >= 0.6 is 11.8 Å². The number of ether oxygens (including phenoxy) is 1. The summed E-state index contributed by atoms with van der Waals surface area (Å²) in [5, 5.41) is 6.48. The lowest BCUT2D eigenvalue weighted by Crippen LogP contribution is -2.13. The van der Waals surface area contributed by atoms with Gasteiger partial charge in [-0.1, -0.05) is 65.8 Å². The van der Waals surface area contributed by atoms with Crippen molar-refractivity contribution in [1.82, 2.24) is 5.16 Å². The molecule has 1 amide bonds. The number of hydrogen-bond donors (Lipinski definition) is 1. The minimum atomic E-state index is -0.0818. The maximum Gasteiger partial charge on any atom is 0.226 e. The summed E-state index contributed by atoms with van der Waals surface area (Å²) in [6.45, 7) is 2.40. The average Bonchev–Trinajstić information content (AvgIpc) is 3.13. The molecule has 1 N–H and O–H groups in total. The molecule has 0 aliphatic rings. The maximum absolute atomic E-state index is 11.9. The van der Waals surface area contributed by atoms with Crippen molar-refractivity contribution < 1.29 is 14.1 Å². The molecule has 0 bridgehead atoms. The van der Waals surface area contributed by atoms with Gasteiger partial charge in [0.1, 0.15) is 11.9 Å². The van der Waals surface area contributed by atoms with Crippen LogP contribution in [0.4, 0.5) is 5.82 Å². The smallest absolute Gasteiger partial charge is 0.226 e. The van der Waals surface area contributed by atoms with Crippen molar-refractivity contribution in [2.45, 2.75) is 19.4 Å². The van der Waals surface area contributed by atoms with E-state index in [1.165, 1.54) is 0 Å². The zero-order valence-electron chi connectivity index (χ0n) is 15.8. The molecule has 0 aliphatic heterocycles. The van der Waals surface area contributed by atoms with E-state index in [9.17, 15) is 4.79 Å². The van der Waals surface area contributed by atoms with Gasteiger partial charge in [-0.15, -0.1) is 0 Å². The van der Waals surface area contributed by atoms with Gasteiger partial charge < -0.3 is 14.6 Å². The van der Waals surface area contributed by atoms with E-state index in [1.54, 1.807) is 24.8 Å². The highest BCUT2D eigenvalue weighted by Crippen LogP contribution is 2.26. The number of carbonyl (C=O) groups is 1. The number of hydrogen-bond acceptors (Lipinski definition) is 5. The molecule has 1 aromatic heterocycles. The Morgan fingerprint density at radius 2 is 1.71 bits per heavy atom. The quantitative estimate of drug-likeness (QED) is 0.496.